The van der Waals surface area contributed by atoms with Crippen LogP contribution in [0.5, 0.6) is 5.75 Å². The Labute approximate surface area is 362 Å². The van der Waals surface area contributed by atoms with Crippen LogP contribution in [0.3, 0.4) is 0 Å². The lowest BCUT2D eigenvalue weighted by atomic mass is 10.1. The second-order valence-corrected chi connectivity index (χ2v) is 14.4. The van der Waals surface area contributed by atoms with Gasteiger partial charge in [-0.3, -0.25) is 8.80 Å². The number of nitrogens with two attached hydrogens (primary N) is 2. The molecule has 6 aromatic heterocycles. The first-order chi connectivity index (χ1) is 30.9. The van der Waals surface area contributed by atoms with E-state index in [-0.39, 0.29) is 6.04 Å². The molecule has 0 aliphatic heterocycles. The zero-order chi connectivity index (χ0) is 43.1. The number of hydrogen-bond donors (Lipinski definition) is 4. The van der Waals surface area contributed by atoms with Crippen LogP contribution in [0.25, 0.3) is 56.8 Å². The summed E-state index contributed by atoms with van der Waals surface area (Å²) in [6.07, 6.45) is 7.21. The van der Waals surface area contributed by atoms with Crippen LogP contribution in [-0.4, -0.2) is 55.8 Å². The molecule has 0 unspecified atom stereocenters. The molecule has 0 bridgehead atoms. The number of nitrogen functional groups attached to an aromatic ring is 2. The summed E-state index contributed by atoms with van der Waals surface area (Å²) in [5.74, 6) is 3.78. The third-order valence-corrected chi connectivity index (χ3v) is 10.2. The summed E-state index contributed by atoms with van der Waals surface area (Å²) in [5, 5.41) is 6.68. The molecule has 0 saturated carbocycles. The predicted molar refractivity (Wildman–Crippen MR) is 247 cm³/mol. The summed E-state index contributed by atoms with van der Waals surface area (Å²) in [6.45, 7) is 2.67. The van der Waals surface area contributed by atoms with Crippen LogP contribution in [0.15, 0.2) is 164 Å². The molecule has 10 aromatic rings. The van der Waals surface area contributed by atoms with Crippen molar-refractivity contribution in [1.29, 1.82) is 0 Å². The molecule has 310 valence electrons. The van der Waals surface area contributed by atoms with Crippen molar-refractivity contribution in [3.63, 3.8) is 0 Å². The van der Waals surface area contributed by atoms with E-state index in [1.807, 2.05) is 136 Å². The SMILES string of the molecule is COc1ccc(CNc2nccc(-c3c(-c4ccccc4)nc4nc(N)ccn34)n2)cc1.C[C@H](Nc1nccc(-c2c(-c3ccccc3)nc3nc(N)ccn23)n1)c1ccccc1. The Morgan fingerprint density at radius 2 is 1.05 bits per heavy atom. The molecule has 0 aliphatic carbocycles. The minimum atomic E-state index is 0.0636. The van der Waals surface area contributed by atoms with Crippen LogP contribution in [0.2, 0.25) is 0 Å². The molecule has 15 heteroatoms. The smallest absolute Gasteiger partial charge is 0.236 e. The number of nitrogens with zero attached hydrogens (tertiary/aromatic N) is 10. The fraction of sp³-hybridized carbons (Fsp3) is 0.0833. The van der Waals surface area contributed by atoms with Crippen LogP contribution in [0.1, 0.15) is 24.1 Å². The van der Waals surface area contributed by atoms with Gasteiger partial charge in [-0.15, -0.1) is 0 Å². The van der Waals surface area contributed by atoms with Gasteiger partial charge in [0.1, 0.15) is 40.2 Å². The highest BCUT2D eigenvalue weighted by molar-refractivity contribution is 5.81. The van der Waals surface area contributed by atoms with E-state index in [1.165, 1.54) is 0 Å². The molecule has 0 fully saturated rings. The molecule has 0 aliphatic rings. The van der Waals surface area contributed by atoms with Crippen LogP contribution in [-0.2, 0) is 6.54 Å². The molecule has 0 amide bonds. The summed E-state index contributed by atoms with van der Waals surface area (Å²) in [7, 11) is 1.65. The van der Waals surface area contributed by atoms with Crippen LogP contribution >= 0.6 is 0 Å². The summed E-state index contributed by atoms with van der Waals surface area (Å²) >= 11 is 0. The monoisotopic (exact) mass is 830 g/mol. The Hall–Kier alpha value is -8.72. The van der Waals surface area contributed by atoms with E-state index in [0.29, 0.717) is 41.6 Å². The minimum Gasteiger partial charge on any atom is -0.497 e. The number of fused-ring (bicyclic) bond motifs is 2. The van der Waals surface area contributed by atoms with Crippen LogP contribution < -0.4 is 26.8 Å². The molecule has 63 heavy (non-hydrogen) atoms. The molecule has 15 nitrogen and oxygen atoms in total. The average molecular weight is 831 g/mol. The lowest BCUT2D eigenvalue weighted by molar-refractivity contribution is 0.414. The fourth-order valence-electron chi connectivity index (χ4n) is 7.05. The van der Waals surface area contributed by atoms with Crippen molar-refractivity contribution in [2.24, 2.45) is 0 Å². The zero-order valence-corrected chi connectivity index (χ0v) is 34.4. The number of nitrogens with one attached hydrogen (secondary N) is 2. The maximum Gasteiger partial charge on any atom is 0.236 e. The van der Waals surface area contributed by atoms with Crippen molar-refractivity contribution in [3.8, 4) is 51.0 Å². The van der Waals surface area contributed by atoms with E-state index >= 15 is 0 Å². The Kier molecular flexibility index (Phi) is 11.3. The van der Waals surface area contributed by atoms with Gasteiger partial charge in [-0.2, -0.15) is 9.97 Å². The number of benzene rings is 4. The molecule has 1 atom stereocenters. The number of methoxy groups -OCH3 is 1. The van der Waals surface area contributed by atoms with E-state index in [0.717, 1.165) is 62.2 Å². The largest absolute Gasteiger partial charge is 0.497 e. The number of rotatable bonds is 11. The highest BCUT2D eigenvalue weighted by Gasteiger charge is 2.20. The van der Waals surface area contributed by atoms with Gasteiger partial charge in [0.25, 0.3) is 0 Å². The minimum absolute atomic E-state index is 0.0636. The van der Waals surface area contributed by atoms with Crippen LogP contribution in [0.4, 0.5) is 23.5 Å². The van der Waals surface area contributed by atoms with E-state index < -0.39 is 0 Å². The molecular formula is C48H42N14O. The predicted octanol–water partition coefficient (Wildman–Crippen LogP) is 8.66. The number of imidazole rings is 2. The lowest BCUT2D eigenvalue weighted by Crippen LogP contribution is -2.09. The Morgan fingerprint density at radius 3 is 1.57 bits per heavy atom. The number of aromatic nitrogens is 10. The summed E-state index contributed by atoms with van der Waals surface area (Å²) in [4.78, 5) is 36.6. The normalized spacial score (nSPS) is 11.5. The molecular weight excluding hydrogens is 789 g/mol. The van der Waals surface area contributed by atoms with Crippen molar-refractivity contribution < 1.29 is 4.74 Å². The first-order valence-electron chi connectivity index (χ1n) is 20.2. The molecule has 0 saturated heterocycles. The van der Waals surface area contributed by atoms with Gasteiger partial charge in [0.05, 0.1) is 24.5 Å². The molecule has 10 rings (SSSR count). The van der Waals surface area contributed by atoms with Gasteiger partial charge in [0.2, 0.25) is 23.5 Å². The fourth-order valence-corrected chi connectivity index (χ4v) is 7.05. The molecule has 6 N–H and O–H groups in total. The standard InChI is InChI=1S/C24H21N7O.C24H21N7/c1-32-18-9-7-16(8-10-18)15-27-23-26-13-11-19(28-23)22-21(17-5-3-2-4-6-17)30-24-29-20(25)12-14-31(22)24;1-16(17-8-4-2-5-9-17)27-23-26-14-12-19(28-23)22-21(18-10-6-3-7-11-18)30-24-29-20(25)13-15-31(22)24/h2-14H,15H2,1H3,(H2,25,29,30)(H,26,27,28);2-16H,1H3,(H2,25,29,30)(H,26,27,28)/t;16-/m.0/s1. The summed E-state index contributed by atoms with van der Waals surface area (Å²) in [5.41, 5.74) is 20.7. The van der Waals surface area contributed by atoms with Gasteiger partial charge in [0.15, 0.2) is 0 Å². The molecule has 0 spiro atoms. The number of hydrogen-bond acceptors (Lipinski definition) is 13. The van der Waals surface area contributed by atoms with E-state index in [4.69, 9.17) is 36.1 Å². The first kappa shape index (κ1) is 39.7. The van der Waals surface area contributed by atoms with Gasteiger partial charge in [0, 0.05) is 42.5 Å². The van der Waals surface area contributed by atoms with Crippen molar-refractivity contribution in [3.05, 3.63) is 175 Å². The second kappa shape index (κ2) is 17.9. The van der Waals surface area contributed by atoms with Crippen LogP contribution in [0, 0.1) is 0 Å². The lowest BCUT2D eigenvalue weighted by Gasteiger charge is -2.14. The first-order valence-corrected chi connectivity index (χ1v) is 20.2. The number of anilines is 4. The van der Waals surface area contributed by atoms with Gasteiger partial charge >= 0.3 is 0 Å². The van der Waals surface area contributed by atoms with Crippen molar-refractivity contribution in [2.75, 3.05) is 29.2 Å². The summed E-state index contributed by atoms with van der Waals surface area (Å²) < 4.78 is 9.02. The zero-order valence-electron chi connectivity index (χ0n) is 34.4. The third kappa shape index (κ3) is 8.79. The van der Waals surface area contributed by atoms with E-state index in [9.17, 15) is 0 Å². The average Bonchev–Trinajstić information content (AvgIpc) is 3.91. The quantitative estimate of drug-likeness (QED) is 0.0967. The van der Waals surface area contributed by atoms with Gasteiger partial charge in [-0.25, -0.2) is 29.9 Å². The van der Waals surface area contributed by atoms with Gasteiger partial charge in [-0.1, -0.05) is 103 Å². The van der Waals surface area contributed by atoms with Crippen molar-refractivity contribution >= 4 is 35.1 Å². The second-order valence-electron chi connectivity index (χ2n) is 14.4. The van der Waals surface area contributed by atoms with E-state index in [2.05, 4.69) is 49.6 Å². The number of ether oxygens (including phenoxy) is 1. The maximum absolute atomic E-state index is 5.89. The van der Waals surface area contributed by atoms with Gasteiger partial charge in [-0.05, 0) is 54.4 Å². The Balaban J connectivity index is 0.000000160. The molecule has 6 heterocycles. The summed E-state index contributed by atoms with van der Waals surface area (Å²) in [6, 6.07) is 45.3. The molecule has 4 aromatic carbocycles. The molecule has 0 radical (unpaired) electrons. The van der Waals surface area contributed by atoms with E-state index in [1.54, 1.807) is 31.6 Å². The Bertz CT molecular complexity index is 3120. The Morgan fingerprint density at radius 1 is 0.556 bits per heavy atom. The van der Waals surface area contributed by atoms with Crippen molar-refractivity contribution in [1.82, 2.24) is 48.7 Å². The van der Waals surface area contributed by atoms with Crippen molar-refractivity contribution in [2.45, 2.75) is 19.5 Å². The third-order valence-electron chi connectivity index (χ3n) is 10.2. The highest BCUT2D eigenvalue weighted by Crippen LogP contribution is 2.33. The maximum atomic E-state index is 5.89. The highest BCUT2D eigenvalue weighted by atomic mass is 16.5. The van der Waals surface area contributed by atoms with Gasteiger partial charge < -0.3 is 26.8 Å². The topological polar surface area (TPSA) is 197 Å².